The maximum absolute atomic E-state index is 13.4. The minimum Gasteiger partial charge on any atom is -0.481 e. The van der Waals surface area contributed by atoms with Crippen LogP contribution >= 0.6 is 0 Å². The quantitative estimate of drug-likeness (QED) is 0.772. The van der Waals surface area contributed by atoms with E-state index in [1.54, 1.807) is 19.1 Å². The maximum Gasteiger partial charge on any atom is 0.311 e. The first-order chi connectivity index (χ1) is 7.02. The highest BCUT2D eigenvalue weighted by Crippen LogP contribution is 2.25. The fourth-order valence-corrected chi connectivity index (χ4v) is 1.44. The molecule has 1 rings (SSSR count). The smallest absolute Gasteiger partial charge is 0.311 e. The van der Waals surface area contributed by atoms with Crippen LogP contribution in [-0.2, 0) is 4.79 Å². The number of rotatable bonds is 4. The molecule has 0 bridgehead atoms. The van der Waals surface area contributed by atoms with Crippen LogP contribution in [0.1, 0.15) is 24.8 Å². The summed E-state index contributed by atoms with van der Waals surface area (Å²) in [6.07, 6.45) is 0.260. The first-order valence-corrected chi connectivity index (χ1v) is 4.64. The van der Waals surface area contributed by atoms with Gasteiger partial charge < -0.3 is 5.11 Å². The fraction of sp³-hybridized carbons (Fsp3) is 0.250. The van der Waals surface area contributed by atoms with Crippen molar-refractivity contribution in [3.63, 3.8) is 0 Å². The van der Waals surface area contributed by atoms with Crippen LogP contribution in [0, 0.1) is 5.82 Å². The zero-order chi connectivity index (χ0) is 11.4. The van der Waals surface area contributed by atoms with Crippen LogP contribution in [0.5, 0.6) is 0 Å². The monoisotopic (exact) mass is 208 g/mol. The molecule has 1 aromatic carbocycles. The van der Waals surface area contributed by atoms with Gasteiger partial charge in [-0.3, -0.25) is 4.79 Å². The molecule has 3 heteroatoms. The Kier molecular flexibility index (Phi) is 3.61. The molecule has 0 amide bonds. The molecule has 1 N–H and O–H groups in total. The average Bonchev–Trinajstić information content (AvgIpc) is 2.15. The van der Waals surface area contributed by atoms with E-state index in [9.17, 15) is 9.18 Å². The lowest BCUT2D eigenvalue weighted by Crippen LogP contribution is -2.13. The van der Waals surface area contributed by atoms with Gasteiger partial charge in [-0.1, -0.05) is 23.8 Å². The summed E-state index contributed by atoms with van der Waals surface area (Å²) in [5.74, 6) is -2.35. The van der Waals surface area contributed by atoms with Crippen LogP contribution < -0.4 is 0 Å². The zero-order valence-electron chi connectivity index (χ0n) is 8.53. The van der Waals surface area contributed by atoms with Gasteiger partial charge in [0.25, 0.3) is 0 Å². The molecule has 0 aliphatic heterocycles. The number of hydrogen-bond donors (Lipinski definition) is 1. The largest absolute Gasteiger partial charge is 0.481 e. The van der Waals surface area contributed by atoms with E-state index >= 15 is 0 Å². The van der Waals surface area contributed by atoms with Gasteiger partial charge in [-0.05, 0) is 19.4 Å². The van der Waals surface area contributed by atoms with Crippen LogP contribution in [0.4, 0.5) is 4.39 Å². The van der Waals surface area contributed by atoms with Crippen molar-refractivity contribution in [1.82, 2.24) is 0 Å². The molecule has 0 heterocycles. The standard InChI is InChI=1S/C12H13FO2/c1-8(2)7-10(12(14)15)9-5-3-4-6-11(9)13/h3-6,10H,1,7H2,2H3,(H,14,15). The molecule has 0 aliphatic carbocycles. The Hall–Kier alpha value is -1.64. The maximum atomic E-state index is 13.4. The Morgan fingerprint density at radius 3 is 2.60 bits per heavy atom. The summed E-state index contributed by atoms with van der Waals surface area (Å²) in [4.78, 5) is 11.0. The van der Waals surface area contributed by atoms with Gasteiger partial charge in [-0.2, -0.15) is 0 Å². The Morgan fingerprint density at radius 1 is 1.53 bits per heavy atom. The number of carboxylic acids is 1. The summed E-state index contributed by atoms with van der Waals surface area (Å²) in [7, 11) is 0. The average molecular weight is 208 g/mol. The number of carbonyl (C=O) groups is 1. The highest BCUT2D eigenvalue weighted by Gasteiger charge is 2.22. The molecule has 1 atom stereocenters. The summed E-state index contributed by atoms with van der Waals surface area (Å²) >= 11 is 0. The van der Waals surface area contributed by atoms with Gasteiger partial charge in [0.2, 0.25) is 0 Å². The molecule has 1 aromatic rings. The Bertz CT molecular complexity index is 385. The van der Waals surface area contributed by atoms with Gasteiger partial charge in [0.05, 0.1) is 5.92 Å². The van der Waals surface area contributed by atoms with Gasteiger partial charge in [-0.15, -0.1) is 6.58 Å². The highest BCUT2D eigenvalue weighted by atomic mass is 19.1. The molecule has 0 aromatic heterocycles. The predicted octanol–water partition coefficient (Wildman–Crippen LogP) is 2.96. The van der Waals surface area contributed by atoms with Crippen molar-refractivity contribution in [2.24, 2.45) is 0 Å². The third-order valence-electron chi connectivity index (χ3n) is 2.13. The third-order valence-corrected chi connectivity index (χ3v) is 2.13. The molecule has 2 nitrogen and oxygen atoms in total. The summed E-state index contributed by atoms with van der Waals surface area (Å²) in [5.41, 5.74) is 0.943. The van der Waals surface area contributed by atoms with Crippen molar-refractivity contribution < 1.29 is 14.3 Å². The zero-order valence-corrected chi connectivity index (χ0v) is 8.53. The van der Waals surface area contributed by atoms with Crippen molar-refractivity contribution in [3.05, 3.63) is 47.8 Å². The van der Waals surface area contributed by atoms with E-state index in [1.165, 1.54) is 12.1 Å². The molecule has 80 valence electrons. The van der Waals surface area contributed by atoms with Crippen LogP contribution in [0.15, 0.2) is 36.4 Å². The van der Waals surface area contributed by atoms with E-state index in [2.05, 4.69) is 6.58 Å². The second-order valence-electron chi connectivity index (χ2n) is 3.57. The first kappa shape index (κ1) is 11.4. The lowest BCUT2D eigenvalue weighted by Gasteiger charge is -2.13. The predicted molar refractivity (Wildman–Crippen MR) is 56.2 cm³/mol. The van der Waals surface area contributed by atoms with Gasteiger partial charge in [0.15, 0.2) is 0 Å². The molecular formula is C12H13FO2. The van der Waals surface area contributed by atoms with Crippen LogP contribution in [0.2, 0.25) is 0 Å². The minimum absolute atomic E-state index is 0.216. The second kappa shape index (κ2) is 4.73. The third kappa shape index (κ3) is 2.91. The van der Waals surface area contributed by atoms with Crippen LogP contribution in [-0.4, -0.2) is 11.1 Å². The molecule has 1 unspecified atom stereocenters. The Labute approximate surface area is 88.1 Å². The topological polar surface area (TPSA) is 37.3 Å². The van der Waals surface area contributed by atoms with Crippen molar-refractivity contribution in [2.45, 2.75) is 19.3 Å². The van der Waals surface area contributed by atoms with E-state index in [-0.39, 0.29) is 12.0 Å². The molecule has 0 spiro atoms. The number of carboxylic acid groups (broad SMARTS) is 1. The summed E-state index contributed by atoms with van der Waals surface area (Å²) in [5, 5.41) is 8.99. The van der Waals surface area contributed by atoms with Crippen molar-refractivity contribution in [3.8, 4) is 0 Å². The normalized spacial score (nSPS) is 12.1. The van der Waals surface area contributed by atoms with Gasteiger partial charge in [-0.25, -0.2) is 4.39 Å². The van der Waals surface area contributed by atoms with E-state index in [0.29, 0.717) is 0 Å². The van der Waals surface area contributed by atoms with Crippen molar-refractivity contribution >= 4 is 5.97 Å². The Morgan fingerprint density at radius 2 is 2.13 bits per heavy atom. The number of aliphatic carboxylic acids is 1. The lowest BCUT2D eigenvalue weighted by atomic mass is 9.92. The van der Waals surface area contributed by atoms with Gasteiger partial charge >= 0.3 is 5.97 Å². The van der Waals surface area contributed by atoms with E-state index < -0.39 is 17.7 Å². The summed E-state index contributed by atoms with van der Waals surface area (Å²) in [6.45, 7) is 5.38. The van der Waals surface area contributed by atoms with E-state index in [4.69, 9.17) is 5.11 Å². The molecular weight excluding hydrogens is 195 g/mol. The molecule has 0 saturated carbocycles. The van der Waals surface area contributed by atoms with Crippen molar-refractivity contribution in [1.29, 1.82) is 0 Å². The molecule has 0 saturated heterocycles. The number of hydrogen-bond acceptors (Lipinski definition) is 1. The molecule has 0 aliphatic rings. The highest BCUT2D eigenvalue weighted by molar-refractivity contribution is 5.76. The van der Waals surface area contributed by atoms with Crippen LogP contribution in [0.25, 0.3) is 0 Å². The SMILES string of the molecule is C=C(C)CC(C(=O)O)c1ccccc1F. The van der Waals surface area contributed by atoms with E-state index in [0.717, 1.165) is 5.57 Å². The van der Waals surface area contributed by atoms with Crippen molar-refractivity contribution in [2.75, 3.05) is 0 Å². The molecule has 0 fully saturated rings. The fourth-order valence-electron chi connectivity index (χ4n) is 1.44. The minimum atomic E-state index is -1.02. The molecule has 15 heavy (non-hydrogen) atoms. The number of halogens is 1. The van der Waals surface area contributed by atoms with Gasteiger partial charge in [0, 0.05) is 5.56 Å². The second-order valence-corrected chi connectivity index (χ2v) is 3.57. The summed E-state index contributed by atoms with van der Waals surface area (Å²) < 4.78 is 13.4. The van der Waals surface area contributed by atoms with Gasteiger partial charge in [0.1, 0.15) is 5.82 Å². The first-order valence-electron chi connectivity index (χ1n) is 4.64. The lowest BCUT2D eigenvalue weighted by molar-refractivity contribution is -0.138. The van der Waals surface area contributed by atoms with Crippen LogP contribution in [0.3, 0.4) is 0 Å². The molecule has 0 radical (unpaired) electrons. The summed E-state index contributed by atoms with van der Waals surface area (Å²) in [6, 6.07) is 5.94. The Balaban J connectivity index is 3.04. The number of allylic oxidation sites excluding steroid dienone is 1. The number of benzene rings is 1. The van der Waals surface area contributed by atoms with E-state index in [1.807, 2.05) is 0 Å².